The zero-order chi connectivity index (χ0) is 10.1. The van der Waals surface area contributed by atoms with Gasteiger partial charge in [-0.15, -0.1) is 0 Å². The number of anilines is 1. The average molecular weight is 210 g/mol. The van der Waals surface area contributed by atoms with E-state index in [0.29, 0.717) is 11.6 Å². The van der Waals surface area contributed by atoms with Gasteiger partial charge in [-0.2, -0.15) is 4.98 Å². The summed E-state index contributed by atoms with van der Waals surface area (Å²) in [6.45, 7) is 1.93. The highest BCUT2D eigenvalue weighted by Crippen LogP contribution is 2.22. The van der Waals surface area contributed by atoms with Crippen LogP contribution in [0.15, 0.2) is 22.7 Å². The molecule has 2 aromatic rings. The predicted octanol–water partition coefficient (Wildman–Crippen LogP) is 2.28. The summed E-state index contributed by atoms with van der Waals surface area (Å²) < 4.78 is 4.90. The molecule has 0 fully saturated rings. The fraction of sp³-hybridized carbons (Fsp3) is 0.111. The van der Waals surface area contributed by atoms with E-state index in [1.165, 1.54) is 0 Å². The number of nitrogens with two attached hydrogens (primary N) is 1. The molecule has 0 unspecified atom stereocenters. The Morgan fingerprint density at radius 1 is 1.43 bits per heavy atom. The first-order valence-electron chi connectivity index (χ1n) is 4.02. The van der Waals surface area contributed by atoms with Crippen LogP contribution in [0.1, 0.15) is 5.56 Å². The van der Waals surface area contributed by atoms with Crippen molar-refractivity contribution in [3.63, 3.8) is 0 Å². The maximum absolute atomic E-state index is 5.74. The first-order chi connectivity index (χ1) is 6.66. The minimum absolute atomic E-state index is 0.0964. The number of rotatable bonds is 1. The van der Waals surface area contributed by atoms with Gasteiger partial charge in [-0.3, -0.25) is 0 Å². The third-order valence-electron chi connectivity index (χ3n) is 1.93. The molecule has 0 radical (unpaired) electrons. The average Bonchev–Trinajstić information content (AvgIpc) is 2.57. The Bertz CT molecular complexity index is 467. The Kier molecular flexibility index (Phi) is 2.13. The van der Waals surface area contributed by atoms with E-state index in [4.69, 9.17) is 21.9 Å². The molecule has 0 aliphatic carbocycles. The van der Waals surface area contributed by atoms with Gasteiger partial charge in [-0.05, 0) is 41.4 Å². The lowest BCUT2D eigenvalue weighted by molar-refractivity contribution is 0.430. The highest BCUT2D eigenvalue weighted by molar-refractivity contribution is 6.28. The van der Waals surface area contributed by atoms with E-state index in [0.717, 1.165) is 11.1 Å². The SMILES string of the molecule is Cc1ccc(-c2nc(Cl)no2)cc1N. The number of nitrogens with zero attached hydrogens (tertiary/aromatic N) is 2. The van der Waals surface area contributed by atoms with E-state index in [-0.39, 0.29) is 5.28 Å². The van der Waals surface area contributed by atoms with Gasteiger partial charge in [0.25, 0.3) is 11.2 Å². The third kappa shape index (κ3) is 1.56. The van der Waals surface area contributed by atoms with Gasteiger partial charge in [0, 0.05) is 11.3 Å². The molecule has 0 atom stereocenters. The fourth-order valence-electron chi connectivity index (χ4n) is 1.10. The molecular formula is C9H8ClN3O. The van der Waals surface area contributed by atoms with Gasteiger partial charge in [0.1, 0.15) is 0 Å². The summed E-state index contributed by atoms with van der Waals surface area (Å²) in [7, 11) is 0. The molecule has 72 valence electrons. The summed E-state index contributed by atoms with van der Waals surface area (Å²) in [4.78, 5) is 3.88. The highest BCUT2D eigenvalue weighted by Gasteiger charge is 2.07. The van der Waals surface area contributed by atoms with Crippen molar-refractivity contribution < 1.29 is 4.52 Å². The summed E-state index contributed by atoms with van der Waals surface area (Å²) >= 11 is 5.53. The van der Waals surface area contributed by atoms with Crippen LogP contribution in [0.4, 0.5) is 5.69 Å². The second-order valence-electron chi connectivity index (χ2n) is 2.94. The molecule has 0 amide bonds. The molecule has 2 rings (SSSR count). The van der Waals surface area contributed by atoms with Crippen molar-refractivity contribution in [1.29, 1.82) is 0 Å². The maximum atomic E-state index is 5.74. The largest absolute Gasteiger partial charge is 0.398 e. The summed E-state index contributed by atoms with van der Waals surface area (Å²) in [6, 6.07) is 5.53. The number of aryl methyl sites for hydroxylation is 1. The van der Waals surface area contributed by atoms with Crippen LogP contribution >= 0.6 is 11.6 Å². The van der Waals surface area contributed by atoms with Crippen LogP contribution < -0.4 is 5.73 Å². The van der Waals surface area contributed by atoms with E-state index < -0.39 is 0 Å². The van der Waals surface area contributed by atoms with Crippen LogP contribution in [0.2, 0.25) is 5.28 Å². The molecule has 1 aromatic heterocycles. The maximum Gasteiger partial charge on any atom is 0.264 e. The van der Waals surface area contributed by atoms with Gasteiger partial charge in [-0.1, -0.05) is 6.07 Å². The van der Waals surface area contributed by atoms with Crippen LogP contribution in [0.25, 0.3) is 11.5 Å². The standard InChI is InChI=1S/C9H8ClN3O/c1-5-2-3-6(4-7(5)11)8-12-9(10)13-14-8/h2-4H,11H2,1H3. The summed E-state index contributed by atoms with van der Waals surface area (Å²) in [6.07, 6.45) is 0. The molecule has 1 heterocycles. The topological polar surface area (TPSA) is 64.9 Å². The number of aromatic nitrogens is 2. The van der Waals surface area contributed by atoms with Crippen LogP contribution in [-0.2, 0) is 0 Å². The van der Waals surface area contributed by atoms with Gasteiger partial charge in [0.2, 0.25) is 0 Å². The lowest BCUT2D eigenvalue weighted by Gasteiger charge is -2.00. The first kappa shape index (κ1) is 9.02. The Morgan fingerprint density at radius 3 is 2.79 bits per heavy atom. The van der Waals surface area contributed by atoms with E-state index in [2.05, 4.69) is 10.1 Å². The summed E-state index contributed by atoms with van der Waals surface area (Å²) in [5, 5.41) is 3.58. The molecule has 1 aromatic carbocycles. The summed E-state index contributed by atoms with van der Waals surface area (Å²) in [5.41, 5.74) is 8.22. The highest BCUT2D eigenvalue weighted by atomic mass is 35.5. The van der Waals surface area contributed by atoms with Crippen LogP contribution in [0, 0.1) is 6.92 Å². The summed E-state index contributed by atoms with van der Waals surface area (Å²) in [5.74, 6) is 0.377. The van der Waals surface area contributed by atoms with Crippen molar-refractivity contribution in [3.8, 4) is 11.5 Å². The normalized spacial score (nSPS) is 10.4. The van der Waals surface area contributed by atoms with Crippen molar-refractivity contribution in [2.75, 3.05) is 5.73 Å². The smallest absolute Gasteiger partial charge is 0.264 e. The molecule has 0 saturated heterocycles. The quantitative estimate of drug-likeness (QED) is 0.732. The molecule has 0 spiro atoms. The Hall–Kier alpha value is -1.55. The molecule has 4 nitrogen and oxygen atoms in total. The zero-order valence-corrected chi connectivity index (χ0v) is 8.25. The molecule has 0 aliphatic heterocycles. The monoisotopic (exact) mass is 209 g/mol. The molecule has 0 aliphatic rings. The van der Waals surface area contributed by atoms with Crippen molar-refractivity contribution in [1.82, 2.24) is 10.1 Å². The minimum atomic E-state index is 0.0964. The number of hydrogen-bond donors (Lipinski definition) is 1. The Labute approximate surface area is 85.7 Å². The Balaban J connectivity index is 2.47. The van der Waals surface area contributed by atoms with E-state index in [1.54, 1.807) is 6.07 Å². The number of halogens is 1. The fourth-order valence-corrected chi connectivity index (χ4v) is 1.21. The van der Waals surface area contributed by atoms with Gasteiger partial charge in [0.15, 0.2) is 0 Å². The lowest BCUT2D eigenvalue weighted by Crippen LogP contribution is -1.89. The van der Waals surface area contributed by atoms with Crippen molar-refractivity contribution in [2.45, 2.75) is 6.92 Å². The van der Waals surface area contributed by atoms with Crippen LogP contribution in [0.5, 0.6) is 0 Å². The zero-order valence-electron chi connectivity index (χ0n) is 7.49. The second kappa shape index (κ2) is 3.31. The van der Waals surface area contributed by atoms with E-state index in [1.807, 2.05) is 19.1 Å². The van der Waals surface area contributed by atoms with Gasteiger partial charge >= 0.3 is 0 Å². The molecule has 5 heteroatoms. The van der Waals surface area contributed by atoms with Gasteiger partial charge in [0.05, 0.1) is 0 Å². The van der Waals surface area contributed by atoms with E-state index >= 15 is 0 Å². The number of nitrogen functional groups attached to an aromatic ring is 1. The molecule has 2 N–H and O–H groups in total. The third-order valence-corrected chi connectivity index (χ3v) is 2.08. The number of benzene rings is 1. The molecular weight excluding hydrogens is 202 g/mol. The van der Waals surface area contributed by atoms with Crippen LogP contribution in [-0.4, -0.2) is 10.1 Å². The molecule has 14 heavy (non-hydrogen) atoms. The molecule has 0 bridgehead atoms. The first-order valence-corrected chi connectivity index (χ1v) is 4.40. The van der Waals surface area contributed by atoms with Gasteiger partial charge < -0.3 is 10.3 Å². The van der Waals surface area contributed by atoms with Gasteiger partial charge in [-0.25, -0.2) is 0 Å². The second-order valence-corrected chi connectivity index (χ2v) is 3.28. The van der Waals surface area contributed by atoms with Crippen LogP contribution in [0.3, 0.4) is 0 Å². The van der Waals surface area contributed by atoms with Crippen molar-refractivity contribution in [3.05, 3.63) is 29.0 Å². The van der Waals surface area contributed by atoms with Crippen molar-refractivity contribution >= 4 is 17.3 Å². The lowest BCUT2D eigenvalue weighted by atomic mass is 10.1. The molecule has 0 saturated carbocycles. The van der Waals surface area contributed by atoms with E-state index in [9.17, 15) is 0 Å². The number of hydrogen-bond acceptors (Lipinski definition) is 4. The predicted molar refractivity (Wildman–Crippen MR) is 53.9 cm³/mol. The Morgan fingerprint density at radius 2 is 2.21 bits per heavy atom. The minimum Gasteiger partial charge on any atom is -0.398 e. The van der Waals surface area contributed by atoms with Crippen molar-refractivity contribution in [2.24, 2.45) is 0 Å².